The first-order valence-corrected chi connectivity index (χ1v) is 6.97. The van der Waals surface area contributed by atoms with Crippen molar-refractivity contribution in [1.29, 1.82) is 0 Å². The summed E-state index contributed by atoms with van der Waals surface area (Å²) in [6, 6.07) is 0. The quantitative estimate of drug-likeness (QED) is 0.256. The van der Waals surface area contributed by atoms with Crippen molar-refractivity contribution in [2.24, 2.45) is 5.73 Å². The molecule has 7 heteroatoms. The summed E-state index contributed by atoms with van der Waals surface area (Å²) in [4.78, 5) is 22.4. The number of carbonyl (C=O) groups excluding carboxylic acids is 2. The van der Waals surface area contributed by atoms with Crippen molar-refractivity contribution in [3.05, 3.63) is 0 Å². The summed E-state index contributed by atoms with van der Waals surface area (Å²) >= 11 is 0. The third-order valence-electron chi connectivity index (χ3n) is 2.95. The predicted octanol–water partition coefficient (Wildman–Crippen LogP) is -1.66. The molecular formula is C13H26N2O5. The fourth-order valence-corrected chi connectivity index (χ4v) is 1.68. The monoisotopic (exact) mass is 290 g/mol. The van der Waals surface area contributed by atoms with Gasteiger partial charge in [-0.3, -0.25) is 9.59 Å². The largest absolute Gasteiger partial charge is 0.388 e. The van der Waals surface area contributed by atoms with Gasteiger partial charge in [-0.25, -0.2) is 0 Å². The van der Waals surface area contributed by atoms with Gasteiger partial charge in [0.15, 0.2) is 11.6 Å². The highest BCUT2D eigenvalue weighted by atomic mass is 16.3. The lowest BCUT2D eigenvalue weighted by atomic mass is 10.0. The number of aliphatic hydroxyl groups excluding tert-OH is 3. The van der Waals surface area contributed by atoms with Gasteiger partial charge in [0.2, 0.25) is 0 Å². The van der Waals surface area contributed by atoms with Gasteiger partial charge < -0.3 is 26.4 Å². The Balaban J connectivity index is 3.65. The molecule has 0 bridgehead atoms. The van der Waals surface area contributed by atoms with Crippen LogP contribution in [0.25, 0.3) is 0 Å². The predicted molar refractivity (Wildman–Crippen MR) is 74.1 cm³/mol. The fourth-order valence-electron chi connectivity index (χ4n) is 1.68. The Morgan fingerprint density at radius 1 is 0.950 bits per heavy atom. The fraction of sp³-hybridized carbons (Fsp3) is 0.846. The summed E-state index contributed by atoms with van der Waals surface area (Å²) in [5.41, 5.74) is 5.37. The van der Waals surface area contributed by atoms with Gasteiger partial charge in [0.05, 0.1) is 0 Å². The maximum Gasteiger partial charge on any atom is 0.189 e. The van der Waals surface area contributed by atoms with E-state index < -0.39 is 30.4 Å². The zero-order chi connectivity index (χ0) is 15.4. The number of hydrogen-bond acceptors (Lipinski definition) is 7. The van der Waals surface area contributed by atoms with Crippen LogP contribution in [0, 0.1) is 0 Å². The van der Waals surface area contributed by atoms with E-state index in [4.69, 9.17) is 10.8 Å². The molecule has 0 saturated heterocycles. The van der Waals surface area contributed by atoms with Gasteiger partial charge in [-0.05, 0) is 38.9 Å². The number of Topliss-reactive ketones (excluding diaryl/α,β-unsaturated/α-hetero) is 2. The molecule has 20 heavy (non-hydrogen) atoms. The number of hydrogen-bond donors (Lipinski definition) is 5. The van der Waals surface area contributed by atoms with Crippen molar-refractivity contribution < 1.29 is 24.9 Å². The third-order valence-corrected chi connectivity index (χ3v) is 2.95. The Labute approximate surface area is 119 Å². The van der Waals surface area contributed by atoms with E-state index in [2.05, 4.69) is 5.32 Å². The molecule has 0 saturated carbocycles. The van der Waals surface area contributed by atoms with Crippen LogP contribution in [0.15, 0.2) is 0 Å². The average Bonchev–Trinajstić information content (AvgIpc) is 2.47. The molecule has 7 nitrogen and oxygen atoms in total. The van der Waals surface area contributed by atoms with E-state index in [-0.39, 0.29) is 6.42 Å². The Kier molecular flexibility index (Phi) is 11.4. The lowest BCUT2D eigenvalue weighted by molar-refractivity contribution is -0.145. The molecule has 0 amide bonds. The Morgan fingerprint density at radius 3 is 2.15 bits per heavy atom. The number of aliphatic hydroxyl groups is 3. The number of ketones is 2. The van der Waals surface area contributed by atoms with E-state index in [0.29, 0.717) is 19.5 Å². The van der Waals surface area contributed by atoms with Crippen molar-refractivity contribution in [2.45, 2.75) is 44.3 Å². The minimum Gasteiger partial charge on any atom is -0.388 e. The Hall–Kier alpha value is -0.860. The minimum absolute atomic E-state index is 0.0761. The topological polar surface area (TPSA) is 133 Å². The summed E-state index contributed by atoms with van der Waals surface area (Å²) in [6.45, 7) is 1.28. The van der Waals surface area contributed by atoms with E-state index in [9.17, 15) is 19.8 Å². The highest BCUT2D eigenvalue weighted by Crippen LogP contribution is 2.02. The molecule has 0 aromatic carbocycles. The van der Waals surface area contributed by atoms with E-state index in [1.807, 2.05) is 0 Å². The molecule has 0 aliphatic heterocycles. The summed E-state index contributed by atoms with van der Waals surface area (Å²) < 4.78 is 0. The van der Waals surface area contributed by atoms with Crippen LogP contribution in [-0.4, -0.2) is 65.3 Å². The lowest BCUT2D eigenvalue weighted by Gasteiger charge is -2.14. The molecule has 0 aromatic heterocycles. The Morgan fingerprint density at radius 2 is 1.55 bits per heavy atom. The molecule has 0 rings (SSSR count). The molecule has 0 aliphatic carbocycles. The molecule has 0 radical (unpaired) electrons. The van der Waals surface area contributed by atoms with Crippen molar-refractivity contribution in [3.8, 4) is 0 Å². The van der Waals surface area contributed by atoms with E-state index in [0.717, 1.165) is 25.8 Å². The maximum atomic E-state index is 11.5. The normalized spacial score (nSPS) is 14.0. The van der Waals surface area contributed by atoms with Crippen LogP contribution in [0.4, 0.5) is 0 Å². The van der Waals surface area contributed by atoms with Crippen LogP contribution in [0.1, 0.15) is 32.1 Å². The summed E-state index contributed by atoms with van der Waals surface area (Å²) in [7, 11) is 0. The molecule has 2 atom stereocenters. The standard InChI is InChI=1S/C13H26N2O5/c14-6-2-1-3-7-15-8-4-5-10(17)12(19)13(20)11(18)9-16/h12-13,15-16,19-20H,1-9,14H2/t12-,13-/m0/s1. The SMILES string of the molecule is NCCCCCNCCCC(=O)[C@H](O)[C@@H](O)C(=O)CO. The van der Waals surface area contributed by atoms with Gasteiger partial charge in [-0.1, -0.05) is 6.42 Å². The van der Waals surface area contributed by atoms with Crippen LogP contribution in [0.5, 0.6) is 0 Å². The smallest absolute Gasteiger partial charge is 0.189 e. The highest BCUT2D eigenvalue weighted by Gasteiger charge is 2.28. The molecule has 0 spiro atoms. The molecule has 0 heterocycles. The molecule has 0 fully saturated rings. The number of nitrogens with one attached hydrogen (secondary N) is 1. The second kappa shape index (κ2) is 11.9. The molecule has 118 valence electrons. The van der Waals surface area contributed by atoms with Crippen molar-refractivity contribution in [2.75, 3.05) is 26.2 Å². The van der Waals surface area contributed by atoms with Crippen LogP contribution >= 0.6 is 0 Å². The van der Waals surface area contributed by atoms with Gasteiger partial charge >= 0.3 is 0 Å². The highest BCUT2D eigenvalue weighted by molar-refractivity contribution is 5.93. The lowest BCUT2D eigenvalue weighted by Crippen LogP contribution is -2.41. The van der Waals surface area contributed by atoms with Crippen LogP contribution < -0.4 is 11.1 Å². The second-order valence-electron chi connectivity index (χ2n) is 4.68. The van der Waals surface area contributed by atoms with Crippen molar-refractivity contribution in [1.82, 2.24) is 5.32 Å². The number of rotatable bonds is 13. The molecule has 6 N–H and O–H groups in total. The first kappa shape index (κ1) is 19.1. The van der Waals surface area contributed by atoms with Gasteiger partial charge in [0, 0.05) is 6.42 Å². The molecular weight excluding hydrogens is 264 g/mol. The second-order valence-corrected chi connectivity index (χ2v) is 4.68. The van der Waals surface area contributed by atoms with E-state index in [1.165, 1.54) is 0 Å². The summed E-state index contributed by atoms with van der Waals surface area (Å²) in [5.74, 6) is -1.55. The zero-order valence-electron chi connectivity index (χ0n) is 11.8. The molecule has 0 aromatic rings. The number of unbranched alkanes of at least 4 members (excludes halogenated alkanes) is 2. The van der Waals surface area contributed by atoms with Gasteiger partial charge in [-0.15, -0.1) is 0 Å². The minimum atomic E-state index is -1.84. The van der Waals surface area contributed by atoms with Crippen molar-refractivity contribution >= 4 is 11.6 Å². The maximum absolute atomic E-state index is 11.5. The first-order chi connectivity index (χ1) is 9.54. The van der Waals surface area contributed by atoms with Gasteiger partial charge in [-0.2, -0.15) is 0 Å². The van der Waals surface area contributed by atoms with Crippen molar-refractivity contribution in [3.63, 3.8) is 0 Å². The Bertz CT molecular complexity index is 286. The molecule has 0 aliphatic rings. The average molecular weight is 290 g/mol. The molecule has 0 unspecified atom stereocenters. The first-order valence-electron chi connectivity index (χ1n) is 6.97. The van der Waals surface area contributed by atoms with Gasteiger partial charge in [0.25, 0.3) is 0 Å². The van der Waals surface area contributed by atoms with Gasteiger partial charge in [0.1, 0.15) is 18.8 Å². The van der Waals surface area contributed by atoms with Crippen LogP contribution in [-0.2, 0) is 9.59 Å². The van der Waals surface area contributed by atoms with E-state index >= 15 is 0 Å². The van der Waals surface area contributed by atoms with E-state index in [1.54, 1.807) is 0 Å². The summed E-state index contributed by atoms with van der Waals surface area (Å²) in [6.07, 6.45) is 0.104. The zero-order valence-corrected chi connectivity index (χ0v) is 11.8. The van der Waals surface area contributed by atoms with Crippen LogP contribution in [0.3, 0.4) is 0 Å². The van der Waals surface area contributed by atoms with Crippen LogP contribution in [0.2, 0.25) is 0 Å². The third kappa shape index (κ3) is 8.34. The number of carbonyl (C=O) groups is 2. The summed E-state index contributed by atoms with van der Waals surface area (Å²) in [5, 5.41) is 30.4. The number of nitrogens with two attached hydrogens (primary N) is 1.